The van der Waals surface area contributed by atoms with Crippen LogP contribution in [-0.4, -0.2) is 50.1 Å². The SMILES string of the molecule is CC(C)C1CN(C)C(=O)N1c1ccnc(NC2(c3cn(-c4ccc(Cl)cc4)cn3)CC2)n1. The molecule has 2 fully saturated rings. The van der Waals surface area contributed by atoms with Crippen LogP contribution in [0, 0.1) is 5.92 Å². The van der Waals surface area contributed by atoms with Crippen molar-refractivity contribution >= 4 is 29.4 Å². The Balaban J connectivity index is 1.38. The summed E-state index contributed by atoms with van der Waals surface area (Å²) in [5.41, 5.74) is 1.65. The molecule has 2 amide bonds. The molecule has 1 aliphatic carbocycles. The number of nitrogens with zero attached hydrogens (tertiary/aromatic N) is 6. The number of nitrogens with one attached hydrogen (secondary N) is 1. The van der Waals surface area contributed by atoms with E-state index in [2.05, 4.69) is 29.1 Å². The second-order valence-corrected chi connectivity index (χ2v) is 9.37. The molecule has 0 bridgehead atoms. The van der Waals surface area contributed by atoms with Crippen molar-refractivity contribution in [2.24, 2.45) is 5.92 Å². The van der Waals surface area contributed by atoms with Crippen LogP contribution in [0.3, 0.4) is 0 Å². The first-order valence-corrected chi connectivity index (χ1v) is 11.2. The Hall–Kier alpha value is -3.13. The zero-order chi connectivity index (χ0) is 22.5. The lowest BCUT2D eigenvalue weighted by molar-refractivity contribution is 0.229. The van der Waals surface area contributed by atoms with Gasteiger partial charge in [-0.2, -0.15) is 4.98 Å². The quantitative estimate of drug-likeness (QED) is 0.604. The number of hydrogen-bond acceptors (Lipinski definition) is 5. The van der Waals surface area contributed by atoms with Crippen LogP contribution < -0.4 is 10.2 Å². The van der Waals surface area contributed by atoms with Crippen molar-refractivity contribution in [2.75, 3.05) is 23.8 Å². The van der Waals surface area contributed by atoms with Crippen LogP contribution in [0.5, 0.6) is 0 Å². The van der Waals surface area contributed by atoms with Gasteiger partial charge < -0.3 is 14.8 Å². The molecule has 9 heteroatoms. The molecule has 8 nitrogen and oxygen atoms in total. The van der Waals surface area contributed by atoms with Gasteiger partial charge in [-0.05, 0) is 49.1 Å². The second kappa shape index (κ2) is 7.78. The highest BCUT2D eigenvalue weighted by Crippen LogP contribution is 2.47. The van der Waals surface area contributed by atoms with Gasteiger partial charge in [0.15, 0.2) is 0 Å². The third-order valence-corrected chi connectivity index (χ3v) is 6.53. The van der Waals surface area contributed by atoms with E-state index in [1.165, 1.54) is 0 Å². The molecule has 0 spiro atoms. The fourth-order valence-corrected chi connectivity index (χ4v) is 4.32. The predicted molar refractivity (Wildman–Crippen MR) is 124 cm³/mol. The Kier molecular flexibility index (Phi) is 5.04. The summed E-state index contributed by atoms with van der Waals surface area (Å²) in [7, 11) is 1.83. The van der Waals surface area contributed by atoms with Crippen LogP contribution in [0.1, 0.15) is 32.4 Å². The third kappa shape index (κ3) is 3.68. The normalized spacial score (nSPS) is 19.7. The lowest BCUT2D eigenvalue weighted by Gasteiger charge is -2.25. The fourth-order valence-electron chi connectivity index (χ4n) is 4.20. The minimum atomic E-state index is -0.292. The van der Waals surface area contributed by atoms with Crippen molar-refractivity contribution in [1.82, 2.24) is 24.4 Å². The standard InChI is InChI=1S/C23H26ClN7O/c1-15(2)18-12-29(3)22(32)31(18)20-8-11-25-21(27-20)28-23(9-10-23)19-13-30(14-26-19)17-6-4-16(24)5-7-17/h4-8,11,13-15,18H,9-10,12H2,1-3H3,(H,25,27,28). The highest BCUT2D eigenvalue weighted by molar-refractivity contribution is 6.30. The van der Waals surface area contributed by atoms with Gasteiger partial charge in [0.05, 0.1) is 23.6 Å². The number of urea groups is 1. The number of amides is 2. The maximum atomic E-state index is 12.8. The average molecular weight is 452 g/mol. The van der Waals surface area contributed by atoms with E-state index in [4.69, 9.17) is 16.6 Å². The number of halogens is 1. The summed E-state index contributed by atoms with van der Waals surface area (Å²) in [5, 5.41) is 4.19. The summed E-state index contributed by atoms with van der Waals surface area (Å²) < 4.78 is 1.98. The minimum absolute atomic E-state index is 0.0313. The van der Waals surface area contributed by atoms with Gasteiger partial charge in [-0.1, -0.05) is 25.4 Å². The van der Waals surface area contributed by atoms with Gasteiger partial charge in [-0.3, -0.25) is 4.90 Å². The molecule has 1 N–H and O–H groups in total. The number of benzene rings is 1. The molecule has 32 heavy (non-hydrogen) atoms. The Bertz CT molecular complexity index is 1140. The lowest BCUT2D eigenvalue weighted by atomic mass is 10.0. The summed E-state index contributed by atoms with van der Waals surface area (Å²) in [4.78, 5) is 30.1. The van der Waals surface area contributed by atoms with Crippen LogP contribution in [0.4, 0.5) is 16.6 Å². The number of carbonyl (C=O) groups is 1. The zero-order valence-electron chi connectivity index (χ0n) is 18.4. The number of aromatic nitrogens is 4. The van der Waals surface area contributed by atoms with Gasteiger partial charge in [0, 0.05) is 36.7 Å². The third-order valence-electron chi connectivity index (χ3n) is 6.28. The summed E-state index contributed by atoms with van der Waals surface area (Å²) >= 11 is 6.00. The summed E-state index contributed by atoms with van der Waals surface area (Å²) in [6.07, 6.45) is 7.43. The average Bonchev–Trinajstić information content (AvgIpc) is 3.25. The Morgan fingerprint density at radius 3 is 2.59 bits per heavy atom. The van der Waals surface area contributed by atoms with E-state index >= 15 is 0 Å². The van der Waals surface area contributed by atoms with Crippen molar-refractivity contribution in [1.29, 1.82) is 0 Å². The van der Waals surface area contributed by atoms with Crippen molar-refractivity contribution in [3.05, 3.63) is 59.8 Å². The largest absolute Gasteiger partial charge is 0.343 e. The van der Waals surface area contributed by atoms with Gasteiger partial charge in [-0.25, -0.2) is 14.8 Å². The molecule has 1 saturated carbocycles. The van der Waals surface area contributed by atoms with Crippen molar-refractivity contribution in [2.45, 2.75) is 38.3 Å². The zero-order valence-corrected chi connectivity index (χ0v) is 19.1. The van der Waals surface area contributed by atoms with E-state index in [0.717, 1.165) is 24.2 Å². The number of rotatable bonds is 6. The number of hydrogen-bond donors (Lipinski definition) is 1. The Labute approximate surface area is 192 Å². The van der Waals surface area contributed by atoms with E-state index < -0.39 is 0 Å². The summed E-state index contributed by atoms with van der Waals surface area (Å²) in [6, 6.07) is 9.50. The Morgan fingerprint density at radius 1 is 1.16 bits per heavy atom. The van der Waals surface area contributed by atoms with E-state index in [1.54, 1.807) is 22.1 Å². The molecule has 1 unspecified atom stereocenters. The van der Waals surface area contributed by atoms with Crippen LogP contribution >= 0.6 is 11.6 Å². The number of anilines is 2. The number of imidazole rings is 1. The van der Waals surface area contributed by atoms with Gasteiger partial charge in [0.2, 0.25) is 5.95 Å². The molecule has 3 heterocycles. The van der Waals surface area contributed by atoms with Gasteiger partial charge in [0.1, 0.15) is 5.82 Å². The fraction of sp³-hybridized carbons (Fsp3) is 0.391. The number of carbonyl (C=O) groups excluding carboxylic acids is 1. The van der Waals surface area contributed by atoms with E-state index in [1.807, 2.05) is 48.4 Å². The summed E-state index contributed by atoms with van der Waals surface area (Å²) in [5.74, 6) is 1.45. The first-order valence-electron chi connectivity index (χ1n) is 10.8. The maximum absolute atomic E-state index is 12.8. The molecule has 0 radical (unpaired) electrons. The molecule has 2 aliphatic rings. The van der Waals surface area contributed by atoms with E-state index in [-0.39, 0.29) is 17.6 Å². The molecule has 3 aromatic rings. The predicted octanol–water partition coefficient (Wildman–Crippen LogP) is 4.31. The van der Waals surface area contributed by atoms with Gasteiger partial charge in [-0.15, -0.1) is 0 Å². The van der Waals surface area contributed by atoms with Crippen molar-refractivity contribution in [3.63, 3.8) is 0 Å². The minimum Gasteiger partial charge on any atom is -0.343 e. The van der Waals surface area contributed by atoms with E-state index in [0.29, 0.717) is 29.3 Å². The molecule has 166 valence electrons. The van der Waals surface area contributed by atoms with Crippen molar-refractivity contribution < 1.29 is 4.79 Å². The van der Waals surface area contributed by atoms with Gasteiger partial charge >= 0.3 is 6.03 Å². The summed E-state index contributed by atoms with van der Waals surface area (Å²) in [6.45, 7) is 4.94. The maximum Gasteiger partial charge on any atom is 0.325 e. The molecule has 5 rings (SSSR count). The molecule has 1 saturated heterocycles. The molecule has 1 atom stereocenters. The molecular formula is C23H26ClN7O. The monoisotopic (exact) mass is 451 g/mol. The van der Waals surface area contributed by atoms with Crippen LogP contribution in [0.15, 0.2) is 49.1 Å². The first kappa shape index (κ1) is 20.8. The molecule has 1 aromatic carbocycles. The topological polar surface area (TPSA) is 79.2 Å². The molecular weight excluding hydrogens is 426 g/mol. The second-order valence-electron chi connectivity index (χ2n) is 8.93. The van der Waals surface area contributed by atoms with Crippen LogP contribution in [-0.2, 0) is 5.54 Å². The highest BCUT2D eigenvalue weighted by atomic mass is 35.5. The van der Waals surface area contributed by atoms with Gasteiger partial charge in [0.25, 0.3) is 0 Å². The molecule has 1 aliphatic heterocycles. The van der Waals surface area contributed by atoms with Crippen LogP contribution in [0.25, 0.3) is 5.69 Å². The smallest absolute Gasteiger partial charge is 0.325 e. The lowest BCUT2D eigenvalue weighted by Crippen LogP contribution is -2.38. The first-order chi connectivity index (χ1) is 15.4. The Morgan fingerprint density at radius 2 is 1.91 bits per heavy atom. The highest BCUT2D eigenvalue weighted by Gasteiger charge is 2.47. The van der Waals surface area contributed by atoms with E-state index in [9.17, 15) is 4.79 Å². The molecule has 2 aromatic heterocycles. The van der Waals surface area contributed by atoms with Crippen molar-refractivity contribution in [3.8, 4) is 5.69 Å². The number of likely N-dealkylation sites (N-methyl/N-ethyl adjacent to an activating group) is 1. The van der Waals surface area contributed by atoms with Crippen LogP contribution in [0.2, 0.25) is 5.02 Å².